The summed E-state index contributed by atoms with van der Waals surface area (Å²) >= 11 is 0. The van der Waals surface area contributed by atoms with Crippen molar-refractivity contribution in [1.29, 1.82) is 5.53 Å². The van der Waals surface area contributed by atoms with Crippen molar-refractivity contribution in [1.82, 2.24) is 15.1 Å². The lowest BCUT2D eigenvalue weighted by Gasteiger charge is -2.38. The van der Waals surface area contributed by atoms with Gasteiger partial charge < -0.3 is 30.5 Å². The van der Waals surface area contributed by atoms with Gasteiger partial charge in [0.1, 0.15) is 13.2 Å². The third-order valence-electron chi connectivity index (χ3n) is 11.5. The van der Waals surface area contributed by atoms with Crippen molar-refractivity contribution in [3.05, 3.63) is 70.8 Å². The lowest BCUT2D eigenvalue weighted by atomic mass is 9.75. The minimum atomic E-state index is -1.01. The van der Waals surface area contributed by atoms with Gasteiger partial charge in [0, 0.05) is 23.3 Å². The molecule has 2 aromatic rings. The zero-order chi connectivity index (χ0) is 45.4. The van der Waals surface area contributed by atoms with E-state index in [1.165, 1.54) is 12.1 Å². The Morgan fingerprint density at radius 2 is 1.39 bits per heavy atom. The molecule has 0 aromatic heterocycles. The Kier molecular flexibility index (Phi) is 15.3. The molecular formula is C44H58N6O11. The molecule has 1 unspecified atom stereocenters. The lowest BCUT2D eigenvalue weighted by Crippen LogP contribution is -2.58. The fourth-order valence-electron chi connectivity index (χ4n) is 8.54. The van der Waals surface area contributed by atoms with Crippen molar-refractivity contribution in [3.63, 3.8) is 0 Å². The van der Waals surface area contributed by atoms with Crippen LogP contribution < -0.4 is 11.1 Å². The van der Waals surface area contributed by atoms with E-state index in [1.54, 1.807) is 60.0 Å². The van der Waals surface area contributed by atoms with Crippen molar-refractivity contribution < 1.29 is 52.9 Å². The molecule has 5 N–H and O–H groups in total. The van der Waals surface area contributed by atoms with Crippen LogP contribution in [-0.2, 0) is 19.1 Å². The highest BCUT2D eigenvalue weighted by molar-refractivity contribution is 6.17. The third kappa shape index (κ3) is 10.1. The summed E-state index contributed by atoms with van der Waals surface area (Å²) in [7, 11) is 0. The average Bonchev–Trinajstić information content (AvgIpc) is 4.10. The molecule has 4 aliphatic heterocycles. The molecule has 4 saturated heterocycles. The monoisotopic (exact) mass is 846 g/mol. The molecule has 4 aliphatic rings. The number of hydrogen-bond acceptors (Lipinski definition) is 11. The number of ether oxygens (including phenoxy) is 2. The van der Waals surface area contributed by atoms with Crippen LogP contribution in [0.15, 0.2) is 53.6 Å². The van der Waals surface area contributed by atoms with Gasteiger partial charge in [0.25, 0.3) is 17.8 Å². The van der Waals surface area contributed by atoms with Crippen molar-refractivity contribution in [2.75, 3.05) is 13.2 Å². The molecule has 4 fully saturated rings. The number of nitrogens with two attached hydrogens (primary N) is 1. The van der Waals surface area contributed by atoms with E-state index in [1.807, 2.05) is 6.92 Å². The number of Topliss-reactive ketones (excluding diaryl/α,β-unsaturated/α-hetero) is 2. The van der Waals surface area contributed by atoms with Gasteiger partial charge in [-0.2, -0.15) is 0 Å². The molecule has 5 atom stereocenters. The molecule has 17 heteroatoms. The third-order valence-corrected chi connectivity index (χ3v) is 11.5. The van der Waals surface area contributed by atoms with Gasteiger partial charge in [-0.15, -0.1) is 5.11 Å². The van der Waals surface area contributed by atoms with Crippen molar-refractivity contribution in [3.8, 4) is 0 Å². The normalized spacial score (nSPS) is 22.8. The standard InChI is InChI=1S/C21H27N3O5.C21H27N3O4.C2H4O2/c1-4-5-6-11-15(17(26)18-21(2,3)12-29-20(28)23-18)16(25)13-9-7-8-10-14(13)19(27)24-22;1-4-5-6-11-15-21(18-20(2,3)12-28-19(27)24(18)21)23(15)17(26)14-10-8-7-9-13(14)16(22)25;1-2(3)4/h7-10,15,18,22H,4-6,11-12H2,1-3H3,(H,23,28);7-10,15,18H,4-6,11-12H2,1-3H3,(H2,22,25);1H3,(H,3,4)/t15-,18+;15?,18-,21+,23?,24?;/m00./s1. The summed E-state index contributed by atoms with van der Waals surface area (Å²) in [4.78, 5) is 101. The van der Waals surface area contributed by atoms with E-state index in [0.29, 0.717) is 25.0 Å². The van der Waals surface area contributed by atoms with Crippen molar-refractivity contribution in [2.45, 2.75) is 124 Å². The first-order valence-electron chi connectivity index (χ1n) is 20.6. The lowest BCUT2D eigenvalue weighted by molar-refractivity contribution is -0.134. The summed E-state index contributed by atoms with van der Waals surface area (Å²) in [6.07, 6.45) is 5.67. The number of carbonyl (C=O) groups excluding carboxylic acids is 7. The number of alkyl carbamates (subject to hydrolysis) is 1. The Hall–Kier alpha value is -6.00. The minimum absolute atomic E-state index is 0.00364. The maximum atomic E-state index is 13.4. The number of rotatable bonds is 15. The second kappa shape index (κ2) is 19.6. The highest BCUT2D eigenvalue weighted by Gasteiger charge is 2.90. The maximum absolute atomic E-state index is 13.4. The van der Waals surface area contributed by atoms with Crippen LogP contribution in [0.25, 0.3) is 0 Å². The van der Waals surface area contributed by atoms with Crippen LogP contribution in [0.4, 0.5) is 9.59 Å². The number of cyclic esters (lactones) is 2. The Labute approximate surface area is 355 Å². The predicted octanol–water partition coefficient (Wildman–Crippen LogP) is 6.78. The molecule has 17 nitrogen and oxygen atoms in total. The summed E-state index contributed by atoms with van der Waals surface area (Å²) in [6.45, 7) is 13.4. The second-order valence-electron chi connectivity index (χ2n) is 17.1. The number of carboxylic acid groups (broad SMARTS) is 1. The topological polar surface area (TPSA) is 256 Å². The van der Waals surface area contributed by atoms with E-state index in [9.17, 15) is 33.6 Å². The molecule has 2 aromatic carbocycles. The fourth-order valence-corrected chi connectivity index (χ4v) is 8.54. The summed E-state index contributed by atoms with van der Waals surface area (Å²) in [5.41, 5.74) is 11.5. The van der Waals surface area contributed by atoms with Gasteiger partial charge in [0.2, 0.25) is 5.91 Å². The Morgan fingerprint density at radius 1 is 0.852 bits per heavy atom. The maximum Gasteiger partial charge on any atom is 0.412 e. The van der Waals surface area contributed by atoms with Crippen LogP contribution in [-0.4, -0.2) is 99.4 Å². The molecule has 4 heterocycles. The molecule has 0 bridgehead atoms. The number of aliphatic carboxylic acids is 1. The van der Waals surface area contributed by atoms with Crippen LogP contribution in [0.3, 0.4) is 0 Å². The van der Waals surface area contributed by atoms with Gasteiger partial charge in [-0.3, -0.25) is 33.7 Å². The predicted molar refractivity (Wildman–Crippen MR) is 221 cm³/mol. The minimum Gasteiger partial charge on any atom is -0.481 e. The highest BCUT2D eigenvalue weighted by Crippen LogP contribution is 2.68. The van der Waals surface area contributed by atoms with Gasteiger partial charge in [-0.25, -0.2) is 15.1 Å². The van der Waals surface area contributed by atoms with E-state index in [4.69, 9.17) is 30.6 Å². The molecular weight excluding hydrogens is 789 g/mol. The van der Waals surface area contributed by atoms with Crippen molar-refractivity contribution in [2.24, 2.45) is 27.6 Å². The number of unbranched alkanes of at least 4 members (excludes halogenated alkanes) is 4. The average molecular weight is 847 g/mol. The van der Waals surface area contributed by atoms with Crippen LogP contribution in [0.2, 0.25) is 0 Å². The number of nitrogens with one attached hydrogen (secondary N) is 2. The van der Waals surface area contributed by atoms with Crippen LogP contribution >= 0.6 is 0 Å². The van der Waals surface area contributed by atoms with Crippen LogP contribution in [0.5, 0.6) is 0 Å². The number of ketones is 2. The quantitative estimate of drug-likeness (QED) is 0.0478. The van der Waals surface area contributed by atoms with Gasteiger partial charge in [0.15, 0.2) is 17.2 Å². The molecule has 61 heavy (non-hydrogen) atoms. The molecule has 0 radical (unpaired) electrons. The largest absolute Gasteiger partial charge is 0.481 e. The van der Waals surface area contributed by atoms with Crippen LogP contribution in [0.1, 0.15) is 141 Å². The summed E-state index contributed by atoms with van der Waals surface area (Å²) in [5, 5.41) is 12.9. The number of primary amides is 1. The van der Waals surface area contributed by atoms with Gasteiger partial charge >= 0.3 is 12.2 Å². The Bertz CT molecular complexity index is 2050. The van der Waals surface area contributed by atoms with E-state index in [0.717, 1.165) is 45.4 Å². The van der Waals surface area contributed by atoms with Crippen molar-refractivity contribution >= 4 is 47.4 Å². The fraction of sp³-hybridized carbons (Fsp3) is 0.545. The van der Waals surface area contributed by atoms with Crippen LogP contribution in [0, 0.1) is 22.3 Å². The number of carbonyl (C=O) groups is 8. The van der Waals surface area contributed by atoms with E-state index in [-0.39, 0.29) is 52.8 Å². The number of hydrogen-bond donors (Lipinski definition) is 4. The number of nitrogens with zero attached hydrogens (tertiary/aromatic N) is 3. The zero-order valence-electron chi connectivity index (χ0n) is 35.9. The molecule has 330 valence electrons. The number of fused-ring (bicyclic) bond motifs is 3. The molecule has 5 amide bonds. The van der Waals surface area contributed by atoms with Gasteiger partial charge in [0.05, 0.1) is 40.7 Å². The SMILES string of the molecule is CC(=O)O.CCCCCC1N(C(=O)c2ccccc2C(N)=O)[C@]12[C@H]1N2C(=O)OCC1(C)C.CCCCC[C@@H](C(=O)c1ccccc1C(=O)N=N)C(=O)[C@H]1NC(=O)OCC1(C)C. The van der Waals surface area contributed by atoms with E-state index >= 15 is 0 Å². The molecule has 0 saturated carbocycles. The highest BCUT2D eigenvalue weighted by atomic mass is 16.6. The van der Waals surface area contributed by atoms with Gasteiger partial charge in [-0.05, 0) is 31.0 Å². The zero-order valence-corrected chi connectivity index (χ0v) is 35.9. The first-order valence-corrected chi connectivity index (χ1v) is 20.6. The number of carboxylic acids is 1. The second-order valence-corrected chi connectivity index (χ2v) is 17.1. The van der Waals surface area contributed by atoms with E-state index < -0.39 is 58.5 Å². The summed E-state index contributed by atoms with van der Waals surface area (Å²) in [6, 6.07) is 11.7. The number of benzene rings is 2. The van der Waals surface area contributed by atoms with Gasteiger partial charge in [-0.1, -0.05) is 110 Å². The number of amides is 5. The Morgan fingerprint density at radius 3 is 1.95 bits per heavy atom. The smallest absolute Gasteiger partial charge is 0.412 e. The first-order chi connectivity index (χ1) is 28.7. The summed E-state index contributed by atoms with van der Waals surface area (Å²) < 4.78 is 10.4. The molecule has 0 aliphatic carbocycles. The van der Waals surface area contributed by atoms with E-state index in [2.05, 4.69) is 31.2 Å². The molecule has 1 spiro atoms. The summed E-state index contributed by atoms with van der Waals surface area (Å²) in [5.74, 6) is -4.44. The molecule has 6 rings (SSSR count). The first kappa shape index (κ1) is 47.7. The Balaban J connectivity index is 0.000000247.